The Morgan fingerprint density at radius 2 is 2.00 bits per heavy atom. The molecule has 0 N–H and O–H groups in total. The molecule has 2 heterocycles. The van der Waals surface area contributed by atoms with Crippen molar-refractivity contribution >= 4 is 10.0 Å². The van der Waals surface area contributed by atoms with Gasteiger partial charge in [-0.25, -0.2) is 8.42 Å². The lowest BCUT2D eigenvalue weighted by Gasteiger charge is -2.29. The van der Waals surface area contributed by atoms with Gasteiger partial charge < -0.3 is 0 Å². The van der Waals surface area contributed by atoms with E-state index in [9.17, 15) is 8.42 Å². The molecule has 104 valence electrons. The molecule has 1 aliphatic rings. The van der Waals surface area contributed by atoms with Crippen LogP contribution in [0.5, 0.6) is 0 Å². The lowest BCUT2D eigenvalue weighted by atomic mass is 10.0. The average Bonchev–Trinajstić information content (AvgIpc) is 2.37. The first-order chi connectivity index (χ1) is 9.59. The van der Waals surface area contributed by atoms with Crippen LogP contribution in [0, 0.1) is 6.92 Å². The smallest absolute Gasteiger partial charge is 0.243 e. The van der Waals surface area contributed by atoms with Gasteiger partial charge in [0, 0.05) is 31.0 Å². The second-order valence-electron chi connectivity index (χ2n) is 4.98. The third-order valence-corrected chi connectivity index (χ3v) is 5.53. The molecule has 1 saturated heterocycles. The van der Waals surface area contributed by atoms with Gasteiger partial charge in [0.05, 0.1) is 4.90 Å². The predicted octanol–water partition coefficient (Wildman–Crippen LogP) is 2.45. The predicted molar refractivity (Wildman–Crippen MR) is 77.8 cm³/mol. The number of aryl methyl sites for hydroxylation is 1. The van der Waals surface area contributed by atoms with Gasteiger partial charge in [-0.1, -0.05) is 12.1 Å². The zero-order valence-corrected chi connectivity index (χ0v) is 12.1. The molecule has 0 radical (unpaired) electrons. The molecule has 1 fully saturated rings. The molecule has 0 unspecified atom stereocenters. The summed E-state index contributed by atoms with van der Waals surface area (Å²) < 4.78 is 26.4. The lowest BCUT2D eigenvalue weighted by molar-refractivity contribution is 0.309. The number of aromatic nitrogens is 1. The van der Waals surface area contributed by atoms with Crippen LogP contribution in [-0.2, 0) is 10.0 Å². The molecule has 1 aromatic carbocycles. The summed E-state index contributed by atoms with van der Waals surface area (Å²) in [5, 5.41) is 0. The van der Waals surface area contributed by atoms with E-state index in [0.717, 1.165) is 23.1 Å². The number of rotatable bonds is 3. The average molecular weight is 288 g/mol. The molecule has 0 atom stereocenters. The van der Waals surface area contributed by atoms with E-state index >= 15 is 0 Å². The van der Waals surface area contributed by atoms with E-state index in [4.69, 9.17) is 0 Å². The molecule has 0 saturated carbocycles. The van der Waals surface area contributed by atoms with Gasteiger partial charge in [0.2, 0.25) is 10.0 Å². The highest BCUT2D eigenvalue weighted by Crippen LogP contribution is 2.28. The van der Waals surface area contributed by atoms with Gasteiger partial charge in [0.1, 0.15) is 0 Å². The van der Waals surface area contributed by atoms with Crippen molar-refractivity contribution in [2.24, 2.45) is 0 Å². The molecule has 3 rings (SSSR count). The number of sulfonamides is 1. The Kier molecular flexibility index (Phi) is 3.31. The second-order valence-corrected chi connectivity index (χ2v) is 6.91. The molecule has 5 heteroatoms. The third-order valence-electron chi connectivity index (χ3n) is 3.63. The summed E-state index contributed by atoms with van der Waals surface area (Å²) in [6.07, 6.45) is 4.41. The first-order valence-electron chi connectivity index (χ1n) is 6.60. The van der Waals surface area contributed by atoms with Crippen LogP contribution < -0.4 is 0 Å². The number of nitrogens with zero attached hydrogens (tertiary/aromatic N) is 2. The van der Waals surface area contributed by atoms with Gasteiger partial charge in [-0.05, 0) is 42.7 Å². The Hall–Kier alpha value is -1.72. The van der Waals surface area contributed by atoms with E-state index < -0.39 is 10.0 Å². The molecule has 0 bridgehead atoms. The fourth-order valence-corrected chi connectivity index (χ4v) is 3.82. The normalized spacial score (nSPS) is 15.8. The fourth-order valence-electron chi connectivity index (χ4n) is 2.27. The largest absolute Gasteiger partial charge is 0.264 e. The fraction of sp³-hybridized carbons (Fsp3) is 0.267. The quantitative estimate of drug-likeness (QED) is 0.871. The standard InChI is InChI=1S/C15H16N2O2S/c1-12-5-6-14(20(18,19)17-8-3-9-17)10-15(12)13-4-2-7-16-11-13/h2,4-7,10-11H,3,8-9H2,1H3. The molecule has 1 aromatic heterocycles. The topological polar surface area (TPSA) is 50.3 Å². The van der Waals surface area contributed by atoms with E-state index in [2.05, 4.69) is 4.98 Å². The molecule has 1 aliphatic heterocycles. The van der Waals surface area contributed by atoms with E-state index in [1.165, 1.54) is 4.31 Å². The SMILES string of the molecule is Cc1ccc(S(=O)(=O)N2CCC2)cc1-c1cccnc1. The summed E-state index contributed by atoms with van der Waals surface area (Å²) in [5.41, 5.74) is 2.89. The Morgan fingerprint density at radius 1 is 1.20 bits per heavy atom. The first kappa shape index (κ1) is 13.3. The summed E-state index contributed by atoms with van der Waals surface area (Å²) in [6, 6.07) is 9.08. The Balaban J connectivity index is 2.07. The van der Waals surface area contributed by atoms with Crippen LogP contribution in [0.1, 0.15) is 12.0 Å². The Labute approximate surface area is 119 Å². The van der Waals surface area contributed by atoms with Crippen molar-refractivity contribution in [3.8, 4) is 11.1 Å². The minimum absolute atomic E-state index is 0.363. The third kappa shape index (κ3) is 2.23. The van der Waals surface area contributed by atoms with Crippen LogP contribution in [0.3, 0.4) is 0 Å². The zero-order chi connectivity index (χ0) is 14.2. The van der Waals surface area contributed by atoms with Gasteiger partial charge >= 0.3 is 0 Å². The summed E-state index contributed by atoms with van der Waals surface area (Å²) in [4.78, 5) is 4.46. The highest BCUT2D eigenvalue weighted by molar-refractivity contribution is 7.89. The highest BCUT2D eigenvalue weighted by Gasteiger charge is 2.29. The summed E-state index contributed by atoms with van der Waals surface area (Å²) >= 11 is 0. The van der Waals surface area contributed by atoms with Crippen molar-refractivity contribution in [3.63, 3.8) is 0 Å². The monoisotopic (exact) mass is 288 g/mol. The summed E-state index contributed by atoms with van der Waals surface area (Å²) in [5.74, 6) is 0. The van der Waals surface area contributed by atoms with E-state index in [1.54, 1.807) is 24.5 Å². The molecule has 4 nitrogen and oxygen atoms in total. The van der Waals surface area contributed by atoms with E-state index in [0.29, 0.717) is 18.0 Å². The first-order valence-corrected chi connectivity index (χ1v) is 8.04. The van der Waals surface area contributed by atoms with Crippen molar-refractivity contribution in [2.75, 3.05) is 13.1 Å². The molecule has 0 aliphatic carbocycles. The molecular formula is C15H16N2O2S. The van der Waals surface area contributed by atoms with Gasteiger partial charge in [-0.3, -0.25) is 4.98 Å². The van der Waals surface area contributed by atoms with Crippen molar-refractivity contribution in [2.45, 2.75) is 18.2 Å². The Bertz CT molecular complexity index is 723. The maximum Gasteiger partial charge on any atom is 0.243 e. The minimum atomic E-state index is -3.34. The summed E-state index contributed by atoms with van der Waals surface area (Å²) in [7, 11) is -3.34. The van der Waals surface area contributed by atoms with Crippen LogP contribution in [0.25, 0.3) is 11.1 Å². The minimum Gasteiger partial charge on any atom is -0.264 e. The molecule has 0 spiro atoms. The van der Waals surface area contributed by atoms with Crippen molar-refractivity contribution in [1.82, 2.24) is 9.29 Å². The van der Waals surface area contributed by atoms with Gasteiger partial charge in [-0.2, -0.15) is 4.31 Å². The van der Waals surface area contributed by atoms with Crippen LogP contribution in [0.2, 0.25) is 0 Å². The maximum atomic E-state index is 12.4. The molecule has 0 amide bonds. The second kappa shape index (κ2) is 5.00. The number of benzene rings is 1. The molecule has 2 aromatic rings. The molecular weight excluding hydrogens is 272 g/mol. The van der Waals surface area contributed by atoms with Crippen molar-refractivity contribution in [1.29, 1.82) is 0 Å². The van der Waals surface area contributed by atoms with Crippen LogP contribution >= 0.6 is 0 Å². The number of pyridine rings is 1. The molecule has 20 heavy (non-hydrogen) atoms. The van der Waals surface area contributed by atoms with Crippen LogP contribution in [0.4, 0.5) is 0 Å². The van der Waals surface area contributed by atoms with Gasteiger partial charge in [-0.15, -0.1) is 0 Å². The Morgan fingerprint density at radius 3 is 2.60 bits per heavy atom. The van der Waals surface area contributed by atoms with E-state index in [-0.39, 0.29) is 0 Å². The number of hydrogen-bond acceptors (Lipinski definition) is 3. The van der Waals surface area contributed by atoms with Crippen LogP contribution in [-0.4, -0.2) is 30.8 Å². The highest BCUT2D eigenvalue weighted by atomic mass is 32.2. The van der Waals surface area contributed by atoms with Crippen LogP contribution in [0.15, 0.2) is 47.6 Å². The zero-order valence-electron chi connectivity index (χ0n) is 11.3. The van der Waals surface area contributed by atoms with Crippen molar-refractivity contribution < 1.29 is 8.42 Å². The van der Waals surface area contributed by atoms with E-state index in [1.807, 2.05) is 25.1 Å². The summed E-state index contributed by atoms with van der Waals surface area (Å²) in [6.45, 7) is 3.22. The van der Waals surface area contributed by atoms with Crippen molar-refractivity contribution in [3.05, 3.63) is 48.3 Å². The van der Waals surface area contributed by atoms with Gasteiger partial charge in [0.15, 0.2) is 0 Å². The lowest BCUT2D eigenvalue weighted by Crippen LogP contribution is -2.41. The maximum absolute atomic E-state index is 12.4. The van der Waals surface area contributed by atoms with Gasteiger partial charge in [0.25, 0.3) is 0 Å². The number of hydrogen-bond donors (Lipinski definition) is 0.